The summed E-state index contributed by atoms with van der Waals surface area (Å²) in [6.45, 7) is 4.98. The second-order valence-electron chi connectivity index (χ2n) is 5.08. The van der Waals surface area contributed by atoms with Gasteiger partial charge in [0.05, 0.1) is 19.3 Å². The van der Waals surface area contributed by atoms with Crippen LogP contribution in [0.15, 0.2) is 0 Å². The van der Waals surface area contributed by atoms with Crippen molar-refractivity contribution in [3.8, 4) is 0 Å². The van der Waals surface area contributed by atoms with Gasteiger partial charge in [0.15, 0.2) is 0 Å². The summed E-state index contributed by atoms with van der Waals surface area (Å²) in [7, 11) is -5.17. The molecule has 0 aliphatic rings. The van der Waals surface area contributed by atoms with Gasteiger partial charge in [-0.05, 0) is 13.3 Å². The molecule has 130 valence electrons. The molecule has 0 rings (SSSR count). The van der Waals surface area contributed by atoms with Gasteiger partial charge in [-0.25, -0.2) is 0 Å². The molecule has 0 aliphatic carbocycles. The number of ether oxygens (including phenoxy) is 1. The molecule has 0 aromatic heterocycles. The van der Waals surface area contributed by atoms with Crippen LogP contribution in [0.25, 0.3) is 0 Å². The van der Waals surface area contributed by atoms with Gasteiger partial charge in [0.2, 0.25) is 0 Å². The average Bonchev–Trinajstić information content (AvgIpc) is 2.37. The molecule has 0 aliphatic heterocycles. The molecule has 0 fully saturated rings. The molecular weight excluding hydrogens is 342 g/mol. The fraction of sp³-hybridized carbons (Fsp3) is 1.00. The fourth-order valence-electron chi connectivity index (χ4n) is 1.90. The van der Waals surface area contributed by atoms with Crippen LogP contribution in [0.2, 0.25) is 0 Å². The predicted molar refractivity (Wildman–Crippen MR) is 80.2 cm³/mol. The SMILES string of the molecule is CCCCCCCCCCC(C)OCCO.O=S(=O)([O-])[O-].[Na+].[Na+]. The molecule has 0 bridgehead atoms. The van der Waals surface area contributed by atoms with Crippen molar-refractivity contribution in [3.05, 3.63) is 0 Å². The van der Waals surface area contributed by atoms with Gasteiger partial charge in [-0.15, -0.1) is 0 Å². The van der Waals surface area contributed by atoms with Crippen LogP contribution >= 0.6 is 0 Å². The van der Waals surface area contributed by atoms with Crippen LogP contribution in [0.1, 0.15) is 71.6 Å². The molecule has 0 radical (unpaired) electrons. The van der Waals surface area contributed by atoms with E-state index in [2.05, 4.69) is 13.8 Å². The number of hydrogen-bond donors (Lipinski definition) is 1. The molecule has 0 aromatic rings. The molecular formula is C14H30Na2O6S. The van der Waals surface area contributed by atoms with Crippen LogP contribution < -0.4 is 59.1 Å². The molecule has 0 saturated heterocycles. The van der Waals surface area contributed by atoms with Crippen molar-refractivity contribution in [2.45, 2.75) is 77.7 Å². The topological polar surface area (TPSA) is 110 Å². The van der Waals surface area contributed by atoms with Gasteiger partial charge in [-0.2, -0.15) is 0 Å². The minimum Gasteiger partial charge on any atom is -0.759 e. The van der Waals surface area contributed by atoms with Gasteiger partial charge in [0, 0.05) is 10.4 Å². The second-order valence-corrected chi connectivity index (χ2v) is 5.89. The first-order valence-corrected chi connectivity index (χ1v) is 9.03. The molecule has 6 nitrogen and oxygen atoms in total. The van der Waals surface area contributed by atoms with Crippen molar-refractivity contribution in [3.63, 3.8) is 0 Å². The standard InChI is InChI=1S/C14H30O2.2Na.H2O4S/c1-3-4-5-6-7-8-9-10-11-14(2)16-13-12-15;;;1-5(2,3)4/h14-15H,3-13H2,1-2H3;;;(H2,1,2,3,4)/q;2*+1;/p-2. The van der Waals surface area contributed by atoms with Gasteiger partial charge in [0.25, 0.3) is 0 Å². The average molecular weight is 372 g/mol. The van der Waals surface area contributed by atoms with E-state index >= 15 is 0 Å². The van der Waals surface area contributed by atoms with E-state index in [0.29, 0.717) is 12.7 Å². The van der Waals surface area contributed by atoms with Crippen LogP contribution in [0.3, 0.4) is 0 Å². The Hall–Kier alpha value is 1.79. The van der Waals surface area contributed by atoms with Crippen molar-refractivity contribution in [1.29, 1.82) is 0 Å². The number of hydrogen-bond acceptors (Lipinski definition) is 6. The van der Waals surface area contributed by atoms with Crippen LogP contribution in [0, 0.1) is 0 Å². The number of aliphatic hydroxyl groups is 1. The van der Waals surface area contributed by atoms with Crippen molar-refractivity contribution in [2.75, 3.05) is 13.2 Å². The van der Waals surface area contributed by atoms with Gasteiger partial charge >= 0.3 is 59.1 Å². The third-order valence-electron chi connectivity index (χ3n) is 2.96. The molecule has 0 saturated carbocycles. The molecule has 1 atom stereocenters. The van der Waals surface area contributed by atoms with E-state index < -0.39 is 10.4 Å². The number of rotatable bonds is 12. The van der Waals surface area contributed by atoms with E-state index in [9.17, 15) is 0 Å². The Morgan fingerprint density at radius 2 is 1.35 bits per heavy atom. The molecule has 0 heterocycles. The Labute approximate surface area is 186 Å². The number of unbranched alkanes of at least 4 members (excludes halogenated alkanes) is 7. The maximum Gasteiger partial charge on any atom is 1.00 e. The minimum atomic E-state index is -5.17. The molecule has 0 spiro atoms. The Bertz CT molecular complexity index is 294. The smallest absolute Gasteiger partial charge is 0.759 e. The first kappa shape index (κ1) is 32.5. The Kier molecular flexibility index (Phi) is 33.6. The van der Waals surface area contributed by atoms with E-state index in [-0.39, 0.29) is 65.7 Å². The van der Waals surface area contributed by atoms with E-state index in [1.54, 1.807) is 0 Å². The minimum absolute atomic E-state index is 0. The van der Waals surface area contributed by atoms with E-state index in [1.165, 1.54) is 51.4 Å². The first-order chi connectivity index (χ1) is 9.81. The summed E-state index contributed by atoms with van der Waals surface area (Å²) in [5, 5.41) is 8.60. The predicted octanol–water partition coefficient (Wildman–Crippen LogP) is -3.42. The van der Waals surface area contributed by atoms with Crippen molar-refractivity contribution in [1.82, 2.24) is 0 Å². The molecule has 9 heteroatoms. The maximum absolute atomic E-state index is 8.60. The quantitative estimate of drug-likeness (QED) is 0.165. The zero-order valence-electron chi connectivity index (χ0n) is 15.3. The Balaban J connectivity index is -0.000000225. The zero-order valence-corrected chi connectivity index (χ0v) is 20.1. The van der Waals surface area contributed by atoms with Crippen molar-refractivity contribution < 1.29 is 86.5 Å². The molecule has 0 aromatic carbocycles. The largest absolute Gasteiger partial charge is 1.00 e. The van der Waals surface area contributed by atoms with Crippen molar-refractivity contribution in [2.24, 2.45) is 0 Å². The summed E-state index contributed by atoms with van der Waals surface area (Å²) >= 11 is 0. The van der Waals surface area contributed by atoms with Crippen LogP contribution in [0.4, 0.5) is 0 Å². The van der Waals surface area contributed by atoms with E-state index in [1.807, 2.05) is 0 Å². The van der Waals surface area contributed by atoms with Crippen LogP contribution in [-0.4, -0.2) is 41.9 Å². The molecule has 1 N–H and O–H groups in total. The third-order valence-corrected chi connectivity index (χ3v) is 2.96. The fourth-order valence-corrected chi connectivity index (χ4v) is 1.90. The normalized spacial score (nSPS) is 11.5. The van der Waals surface area contributed by atoms with E-state index in [4.69, 9.17) is 27.4 Å². The number of aliphatic hydroxyl groups excluding tert-OH is 1. The summed E-state index contributed by atoms with van der Waals surface area (Å²) in [4.78, 5) is 0. The van der Waals surface area contributed by atoms with Crippen molar-refractivity contribution >= 4 is 10.4 Å². The Morgan fingerprint density at radius 1 is 0.957 bits per heavy atom. The van der Waals surface area contributed by atoms with Gasteiger partial charge in [-0.3, -0.25) is 8.42 Å². The maximum atomic E-state index is 8.60. The van der Waals surface area contributed by atoms with Gasteiger partial charge in [0.1, 0.15) is 0 Å². The zero-order chi connectivity index (χ0) is 16.6. The van der Waals surface area contributed by atoms with Crippen LogP contribution in [0.5, 0.6) is 0 Å². The summed E-state index contributed by atoms with van der Waals surface area (Å²) < 4.78 is 39.5. The summed E-state index contributed by atoms with van der Waals surface area (Å²) in [6.07, 6.45) is 12.4. The summed E-state index contributed by atoms with van der Waals surface area (Å²) in [6, 6.07) is 0. The van der Waals surface area contributed by atoms with Gasteiger partial charge < -0.3 is 18.9 Å². The molecule has 0 amide bonds. The van der Waals surface area contributed by atoms with Gasteiger partial charge in [-0.1, -0.05) is 58.3 Å². The van der Waals surface area contributed by atoms with E-state index in [0.717, 1.165) is 6.42 Å². The second kappa shape index (κ2) is 23.8. The summed E-state index contributed by atoms with van der Waals surface area (Å²) in [5.74, 6) is 0. The van der Waals surface area contributed by atoms with Crippen LogP contribution in [-0.2, 0) is 15.1 Å². The first-order valence-electron chi connectivity index (χ1n) is 7.70. The Morgan fingerprint density at radius 3 is 1.74 bits per heavy atom. The molecule has 23 heavy (non-hydrogen) atoms. The summed E-state index contributed by atoms with van der Waals surface area (Å²) in [5.41, 5.74) is 0. The third kappa shape index (κ3) is 45.3. The monoisotopic (exact) mass is 372 g/mol. The molecule has 1 unspecified atom stereocenters.